The van der Waals surface area contributed by atoms with Crippen LogP contribution in [0.4, 0.5) is 5.69 Å². The number of aryl methyl sites for hydroxylation is 1. The number of hydrogen-bond donors (Lipinski definition) is 1. The van der Waals surface area contributed by atoms with Gasteiger partial charge in [0, 0.05) is 19.4 Å². The number of nitrogens with two attached hydrogens (primary N) is 1. The van der Waals surface area contributed by atoms with Gasteiger partial charge in [0.2, 0.25) is 0 Å². The van der Waals surface area contributed by atoms with E-state index in [-0.39, 0.29) is 0 Å². The number of hydrogen-bond acceptors (Lipinski definition) is 3. The van der Waals surface area contributed by atoms with Crippen molar-refractivity contribution in [2.45, 2.75) is 0 Å². The summed E-state index contributed by atoms with van der Waals surface area (Å²) in [5.74, 6) is 0.592. The van der Waals surface area contributed by atoms with Gasteiger partial charge in [-0.3, -0.25) is 9.25 Å². The van der Waals surface area contributed by atoms with E-state index in [1.54, 1.807) is 40.8 Å². The molecule has 0 unspecified atom stereocenters. The Morgan fingerprint density at radius 3 is 2.93 bits per heavy atom. The first kappa shape index (κ1) is 8.38. The zero-order valence-electron chi connectivity index (χ0n) is 7.68. The lowest BCUT2D eigenvalue weighted by molar-refractivity contribution is 0.750. The van der Waals surface area contributed by atoms with Crippen LogP contribution < -0.4 is 5.73 Å². The van der Waals surface area contributed by atoms with E-state index in [0.29, 0.717) is 17.2 Å². The van der Waals surface area contributed by atoms with Gasteiger partial charge in [0.15, 0.2) is 5.82 Å². The van der Waals surface area contributed by atoms with E-state index in [4.69, 9.17) is 11.0 Å². The molecule has 2 aromatic heterocycles. The van der Waals surface area contributed by atoms with Crippen LogP contribution >= 0.6 is 0 Å². The van der Waals surface area contributed by atoms with Crippen LogP contribution in [-0.4, -0.2) is 14.3 Å². The molecule has 0 radical (unpaired) electrons. The minimum absolute atomic E-state index is 0.524. The van der Waals surface area contributed by atoms with Gasteiger partial charge in [-0.25, -0.2) is 0 Å². The molecule has 70 valence electrons. The van der Waals surface area contributed by atoms with E-state index in [1.807, 2.05) is 0 Å². The molecule has 0 aliphatic carbocycles. The maximum Gasteiger partial charge on any atom is 0.182 e. The molecule has 0 aliphatic heterocycles. The van der Waals surface area contributed by atoms with Gasteiger partial charge in [0.25, 0.3) is 0 Å². The predicted molar refractivity (Wildman–Crippen MR) is 51.7 cm³/mol. The molecule has 0 saturated heterocycles. The summed E-state index contributed by atoms with van der Waals surface area (Å²) in [7, 11) is 1.79. The summed E-state index contributed by atoms with van der Waals surface area (Å²) in [5.41, 5.74) is 6.82. The van der Waals surface area contributed by atoms with E-state index in [0.717, 1.165) is 0 Å². The second-order valence-electron chi connectivity index (χ2n) is 2.96. The highest BCUT2D eigenvalue weighted by atomic mass is 15.3. The van der Waals surface area contributed by atoms with Gasteiger partial charge in [-0.05, 0) is 12.1 Å². The molecule has 14 heavy (non-hydrogen) atoms. The lowest BCUT2D eigenvalue weighted by Gasteiger charge is -1.99. The van der Waals surface area contributed by atoms with Crippen molar-refractivity contribution < 1.29 is 0 Å². The van der Waals surface area contributed by atoms with Gasteiger partial charge in [-0.1, -0.05) is 0 Å². The average Bonchev–Trinajstić information content (AvgIpc) is 2.71. The maximum atomic E-state index is 8.82. The standard InChI is InChI=1S/C9H9N5/c1-13-6-8(11)9(12-13)14-4-2-3-7(14)5-10/h2-4,6H,11H2,1H3. The summed E-state index contributed by atoms with van der Waals surface area (Å²) >= 11 is 0. The molecule has 0 amide bonds. The molecule has 0 spiro atoms. The third-order valence-corrected chi connectivity index (χ3v) is 1.93. The number of aromatic nitrogens is 3. The molecule has 5 heteroatoms. The van der Waals surface area contributed by atoms with Crippen molar-refractivity contribution >= 4 is 5.69 Å². The van der Waals surface area contributed by atoms with Crippen molar-refractivity contribution in [3.8, 4) is 11.9 Å². The maximum absolute atomic E-state index is 8.82. The second-order valence-corrected chi connectivity index (χ2v) is 2.96. The minimum Gasteiger partial charge on any atom is -0.394 e. The van der Waals surface area contributed by atoms with Crippen molar-refractivity contribution in [3.63, 3.8) is 0 Å². The van der Waals surface area contributed by atoms with Crippen molar-refractivity contribution in [2.24, 2.45) is 7.05 Å². The number of nitrogen functional groups attached to an aromatic ring is 1. The zero-order chi connectivity index (χ0) is 10.1. The largest absolute Gasteiger partial charge is 0.394 e. The van der Waals surface area contributed by atoms with Crippen LogP contribution in [0.1, 0.15) is 5.69 Å². The van der Waals surface area contributed by atoms with Gasteiger partial charge in [-0.2, -0.15) is 10.4 Å². The van der Waals surface area contributed by atoms with Crippen molar-refractivity contribution in [1.82, 2.24) is 14.3 Å². The first-order valence-electron chi connectivity index (χ1n) is 4.09. The highest BCUT2D eigenvalue weighted by Gasteiger charge is 2.09. The fraction of sp³-hybridized carbons (Fsp3) is 0.111. The molecule has 2 N–H and O–H groups in total. The second kappa shape index (κ2) is 2.92. The highest BCUT2D eigenvalue weighted by molar-refractivity contribution is 5.53. The number of nitrogens with zero attached hydrogens (tertiary/aromatic N) is 4. The van der Waals surface area contributed by atoms with Crippen molar-refractivity contribution in [2.75, 3.05) is 5.73 Å². The average molecular weight is 187 g/mol. The molecule has 0 atom stereocenters. The fourth-order valence-electron chi connectivity index (χ4n) is 1.34. The molecule has 2 rings (SSSR count). The van der Waals surface area contributed by atoms with Crippen LogP contribution in [-0.2, 0) is 7.05 Å². The molecular formula is C9H9N5. The molecule has 0 fully saturated rings. The Morgan fingerprint density at radius 2 is 2.36 bits per heavy atom. The Bertz CT molecular complexity index is 499. The molecule has 0 saturated carbocycles. The Kier molecular flexibility index (Phi) is 1.75. The van der Waals surface area contributed by atoms with Crippen LogP contribution in [0, 0.1) is 11.3 Å². The molecule has 0 aliphatic rings. The summed E-state index contributed by atoms with van der Waals surface area (Å²) < 4.78 is 3.28. The Balaban J connectivity index is 2.61. The van der Waals surface area contributed by atoms with E-state index >= 15 is 0 Å². The van der Waals surface area contributed by atoms with Gasteiger partial charge in [-0.15, -0.1) is 0 Å². The number of anilines is 1. The van der Waals surface area contributed by atoms with Crippen LogP contribution in [0.2, 0.25) is 0 Å². The number of rotatable bonds is 1. The Labute approximate surface area is 81.0 Å². The molecule has 0 bridgehead atoms. The van der Waals surface area contributed by atoms with Crippen LogP contribution in [0.5, 0.6) is 0 Å². The summed E-state index contributed by atoms with van der Waals surface area (Å²) in [6, 6.07) is 5.57. The van der Waals surface area contributed by atoms with E-state index < -0.39 is 0 Å². The monoisotopic (exact) mass is 187 g/mol. The molecule has 5 nitrogen and oxygen atoms in total. The summed E-state index contributed by atoms with van der Waals surface area (Å²) in [4.78, 5) is 0. The minimum atomic E-state index is 0.524. The molecule has 0 aromatic carbocycles. The smallest absolute Gasteiger partial charge is 0.182 e. The van der Waals surface area contributed by atoms with Crippen LogP contribution in [0.15, 0.2) is 24.5 Å². The van der Waals surface area contributed by atoms with E-state index in [9.17, 15) is 0 Å². The third kappa shape index (κ3) is 1.13. The summed E-state index contributed by atoms with van der Waals surface area (Å²) in [5, 5.41) is 13.0. The van der Waals surface area contributed by atoms with Gasteiger partial charge < -0.3 is 5.73 Å². The third-order valence-electron chi connectivity index (χ3n) is 1.93. The molecule has 2 heterocycles. The first-order chi connectivity index (χ1) is 6.72. The van der Waals surface area contributed by atoms with Crippen molar-refractivity contribution in [1.29, 1.82) is 5.26 Å². The van der Waals surface area contributed by atoms with Gasteiger partial charge >= 0.3 is 0 Å². The SMILES string of the molecule is Cn1cc(N)c(-n2cccc2C#N)n1. The van der Waals surface area contributed by atoms with Crippen LogP contribution in [0.3, 0.4) is 0 Å². The summed E-state index contributed by atoms with van der Waals surface area (Å²) in [6.07, 6.45) is 3.47. The highest BCUT2D eigenvalue weighted by Crippen LogP contribution is 2.16. The fourth-order valence-corrected chi connectivity index (χ4v) is 1.34. The quantitative estimate of drug-likeness (QED) is 0.712. The lowest BCUT2D eigenvalue weighted by atomic mass is 10.4. The first-order valence-corrected chi connectivity index (χ1v) is 4.09. The normalized spacial score (nSPS) is 10.0. The number of nitriles is 1. The Morgan fingerprint density at radius 1 is 1.57 bits per heavy atom. The van der Waals surface area contributed by atoms with Crippen molar-refractivity contribution in [3.05, 3.63) is 30.2 Å². The molecular weight excluding hydrogens is 178 g/mol. The lowest BCUT2D eigenvalue weighted by Crippen LogP contribution is -2.00. The summed E-state index contributed by atoms with van der Waals surface area (Å²) in [6.45, 7) is 0. The molecule has 2 aromatic rings. The topological polar surface area (TPSA) is 72.6 Å². The van der Waals surface area contributed by atoms with E-state index in [1.165, 1.54) is 0 Å². The Hall–Kier alpha value is -2.22. The van der Waals surface area contributed by atoms with Crippen LogP contribution in [0.25, 0.3) is 5.82 Å². The zero-order valence-corrected chi connectivity index (χ0v) is 7.68. The van der Waals surface area contributed by atoms with Gasteiger partial charge in [0.1, 0.15) is 11.8 Å². The predicted octanol–water partition coefficient (Wildman–Crippen LogP) is 0.665. The van der Waals surface area contributed by atoms with Gasteiger partial charge in [0.05, 0.1) is 5.69 Å². The van der Waals surface area contributed by atoms with E-state index in [2.05, 4.69) is 11.2 Å².